The van der Waals surface area contributed by atoms with E-state index in [2.05, 4.69) is 20.3 Å². The monoisotopic (exact) mass is 490 g/mol. The predicted octanol–water partition coefficient (Wildman–Crippen LogP) is 4.98. The Morgan fingerprint density at radius 1 is 1.12 bits per heavy atom. The van der Waals surface area contributed by atoms with E-state index in [1.165, 1.54) is 20.1 Å². The second kappa shape index (κ2) is 9.40. The van der Waals surface area contributed by atoms with Crippen LogP contribution in [0.25, 0.3) is 11.0 Å². The minimum absolute atomic E-state index is 0.0100. The lowest BCUT2D eigenvalue weighted by molar-refractivity contribution is 0.360. The Kier molecular flexibility index (Phi) is 6.71. The van der Waals surface area contributed by atoms with Crippen LogP contribution in [0.2, 0.25) is 0 Å². The van der Waals surface area contributed by atoms with E-state index in [0.717, 1.165) is 5.56 Å². The molecule has 3 heterocycles. The molecule has 1 aliphatic rings. The van der Waals surface area contributed by atoms with Crippen LogP contribution in [-0.4, -0.2) is 42.0 Å². The summed E-state index contributed by atoms with van der Waals surface area (Å²) >= 11 is 0. The van der Waals surface area contributed by atoms with Crippen molar-refractivity contribution in [2.24, 2.45) is 0 Å². The maximum Gasteiger partial charge on any atom is 0.218 e. The zero-order valence-corrected chi connectivity index (χ0v) is 20.4. The van der Waals surface area contributed by atoms with Gasteiger partial charge in [0, 0.05) is 16.7 Å². The third kappa shape index (κ3) is 4.82. The second-order valence-electron chi connectivity index (χ2n) is 8.74. The van der Waals surface area contributed by atoms with Crippen LogP contribution in [0.1, 0.15) is 67.3 Å². The molecule has 1 aromatic carbocycles. The van der Waals surface area contributed by atoms with E-state index >= 15 is 0 Å². The summed E-state index contributed by atoms with van der Waals surface area (Å²) in [6.07, 6.45) is -0.457. The molecule has 1 fully saturated rings. The van der Waals surface area contributed by atoms with Gasteiger partial charge in [0.05, 0.1) is 30.0 Å². The quantitative estimate of drug-likeness (QED) is 0.521. The summed E-state index contributed by atoms with van der Waals surface area (Å²) in [5, 5.41) is 3.86. The molecule has 0 aliphatic carbocycles. The lowest BCUT2D eigenvalue weighted by atomic mass is 9.93. The van der Waals surface area contributed by atoms with Crippen molar-refractivity contribution in [2.45, 2.75) is 51.7 Å². The lowest BCUT2D eigenvalue weighted by Gasteiger charge is -2.24. The van der Waals surface area contributed by atoms with Gasteiger partial charge in [-0.15, -0.1) is 0 Å². The first-order valence-corrected chi connectivity index (χ1v) is 13.0. The number of halogens is 2. The number of aryl methyl sites for hydroxylation is 1. The molecular weight excluding hydrogens is 462 g/mol. The van der Waals surface area contributed by atoms with E-state index in [4.69, 9.17) is 4.74 Å². The Morgan fingerprint density at radius 2 is 1.79 bits per heavy atom. The Morgan fingerprint density at radius 3 is 2.44 bits per heavy atom. The molecule has 2 atom stereocenters. The summed E-state index contributed by atoms with van der Waals surface area (Å²) in [4.78, 5) is 13.5. The largest absolute Gasteiger partial charge is 0.481 e. The van der Waals surface area contributed by atoms with E-state index in [1.807, 2.05) is 6.07 Å². The van der Waals surface area contributed by atoms with Crippen LogP contribution in [0.3, 0.4) is 0 Å². The second-order valence-corrected chi connectivity index (χ2v) is 11.0. The first-order chi connectivity index (χ1) is 16.1. The average molecular weight is 491 g/mol. The van der Waals surface area contributed by atoms with Gasteiger partial charge >= 0.3 is 0 Å². The van der Waals surface area contributed by atoms with Gasteiger partial charge in [0.15, 0.2) is 5.65 Å². The Labute approximate surface area is 197 Å². The summed E-state index contributed by atoms with van der Waals surface area (Å²) in [5.41, 5.74) is 1.55. The highest BCUT2D eigenvalue weighted by Crippen LogP contribution is 2.37. The first-order valence-electron chi connectivity index (χ1n) is 11.2. The van der Waals surface area contributed by atoms with Gasteiger partial charge in [0.25, 0.3) is 0 Å². The molecule has 182 valence electrons. The normalized spacial score (nSPS) is 17.9. The van der Waals surface area contributed by atoms with Crippen LogP contribution >= 0.6 is 0 Å². The highest BCUT2D eigenvalue weighted by Gasteiger charge is 2.28. The molecule has 2 aromatic heterocycles. The van der Waals surface area contributed by atoms with Gasteiger partial charge in [-0.2, -0.15) is 4.98 Å². The summed E-state index contributed by atoms with van der Waals surface area (Å²) in [5.74, 6) is 0.970. The summed E-state index contributed by atoms with van der Waals surface area (Å²) < 4.78 is 58.1. The number of fused-ring (bicyclic) bond motifs is 1. The average Bonchev–Trinajstić information content (AvgIpc) is 2.78. The number of ether oxygens (including phenoxy) is 1. The van der Waals surface area contributed by atoms with Crippen molar-refractivity contribution in [2.75, 3.05) is 23.9 Å². The molecule has 7 nitrogen and oxygen atoms in total. The molecular formula is C24H28F2N4O3S. The molecule has 3 aromatic rings. The molecule has 10 heteroatoms. The summed E-state index contributed by atoms with van der Waals surface area (Å²) in [7, 11) is -1.50. The molecule has 0 amide bonds. The molecule has 0 radical (unpaired) electrons. The van der Waals surface area contributed by atoms with Gasteiger partial charge < -0.3 is 10.1 Å². The molecule has 1 unspecified atom stereocenters. The number of sulfone groups is 1. The van der Waals surface area contributed by atoms with Crippen LogP contribution in [0.4, 0.5) is 14.6 Å². The van der Waals surface area contributed by atoms with Crippen molar-refractivity contribution >= 4 is 26.7 Å². The fourth-order valence-corrected chi connectivity index (χ4v) is 5.91. The number of hydrogen-bond donors (Lipinski definition) is 1. The highest BCUT2D eigenvalue weighted by molar-refractivity contribution is 7.91. The first kappa shape index (κ1) is 24.3. The SMILES string of the molecule is COc1nc2nc(C)nc(N[C@H](C)c3cccc(C(C)F)c3F)c2cc1C1CCS(=O)(=O)CC1. The number of methoxy groups -OCH3 is 1. The summed E-state index contributed by atoms with van der Waals surface area (Å²) in [6, 6.07) is 6.06. The molecule has 4 rings (SSSR count). The molecule has 0 saturated carbocycles. The number of pyridine rings is 1. The van der Waals surface area contributed by atoms with E-state index in [0.29, 0.717) is 47.0 Å². The minimum atomic E-state index is -3.02. The Balaban J connectivity index is 1.75. The fourth-order valence-electron chi connectivity index (χ4n) is 4.42. The van der Waals surface area contributed by atoms with E-state index in [1.54, 1.807) is 26.0 Å². The number of anilines is 1. The third-order valence-corrected chi connectivity index (χ3v) is 8.00. The van der Waals surface area contributed by atoms with Gasteiger partial charge in [-0.05, 0) is 45.6 Å². The van der Waals surface area contributed by atoms with Crippen molar-refractivity contribution in [1.29, 1.82) is 0 Å². The zero-order chi connectivity index (χ0) is 24.6. The molecule has 1 saturated heterocycles. The maximum atomic E-state index is 14.9. The highest BCUT2D eigenvalue weighted by atomic mass is 32.2. The molecule has 0 spiro atoms. The summed E-state index contributed by atoms with van der Waals surface area (Å²) in [6.45, 7) is 4.81. The van der Waals surface area contributed by atoms with Crippen molar-refractivity contribution in [3.63, 3.8) is 0 Å². The number of alkyl halides is 1. The van der Waals surface area contributed by atoms with Crippen molar-refractivity contribution in [3.8, 4) is 5.88 Å². The Hall–Kier alpha value is -2.88. The van der Waals surface area contributed by atoms with Crippen molar-refractivity contribution in [3.05, 3.63) is 52.6 Å². The fraction of sp³-hybridized carbons (Fsp3) is 0.458. The van der Waals surface area contributed by atoms with E-state index < -0.39 is 27.9 Å². The van der Waals surface area contributed by atoms with Crippen LogP contribution in [0.5, 0.6) is 5.88 Å². The van der Waals surface area contributed by atoms with Gasteiger partial charge in [-0.1, -0.05) is 18.2 Å². The van der Waals surface area contributed by atoms with E-state index in [-0.39, 0.29) is 23.0 Å². The number of hydrogen-bond acceptors (Lipinski definition) is 7. The van der Waals surface area contributed by atoms with Crippen LogP contribution in [0.15, 0.2) is 24.3 Å². The predicted molar refractivity (Wildman–Crippen MR) is 127 cm³/mol. The van der Waals surface area contributed by atoms with Crippen LogP contribution < -0.4 is 10.1 Å². The number of rotatable bonds is 6. The van der Waals surface area contributed by atoms with Crippen LogP contribution in [0, 0.1) is 12.7 Å². The Bertz CT molecular complexity index is 1320. The van der Waals surface area contributed by atoms with Gasteiger partial charge in [0.1, 0.15) is 33.5 Å². The third-order valence-electron chi connectivity index (χ3n) is 6.29. The van der Waals surface area contributed by atoms with Gasteiger partial charge in [-0.25, -0.2) is 27.2 Å². The molecule has 0 bridgehead atoms. The molecule has 1 N–H and O–H groups in total. The number of nitrogens with one attached hydrogen (secondary N) is 1. The number of benzene rings is 1. The lowest BCUT2D eigenvalue weighted by Crippen LogP contribution is -2.22. The minimum Gasteiger partial charge on any atom is -0.481 e. The van der Waals surface area contributed by atoms with Crippen LogP contribution in [-0.2, 0) is 9.84 Å². The standard InChI is InChI=1S/C24H28F2N4O3S/c1-13(25)17-6-5-7-18(21(17)26)14(2)27-22-20-12-19(16-8-10-34(31,32)11-9-16)24(33-4)30-23(20)29-15(3)28-22/h5-7,12-14,16H,8-11H2,1-4H3,(H,27,28,29,30)/t13?,14-/m1/s1. The zero-order valence-electron chi connectivity index (χ0n) is 19.6. The smallest absolute Gasteiger partial charge is 0.218 e. The topological polar surface area (TPSA) is 94.1 Å². The molecule has 1 aliphatic heterocycles. The van der Waals surface area contributed by atoms with Crippen molar-refractivity contribution < 1.29 is 21.9 Å². The van der Waals surface area contributed by atoms with Gasteiger partial charge in [0.2, 0.25) is 5.88 Å². The number of nitrogens with zero attached hydrogens (tertiary/aromatic N) is 3. The van der Waals surface area contributed by atoms with E-state index in [9.17, 15) is 17.2 Å². The molecule has 34 heavy (non-hydrogen) atoms. The van der Waals surface area contributed by atoms with Gasteiger partial charge in [-0.3, -0.25) is 0 Å². The van der Waals surface area contributed by atoms with Crippen molar-refractivity contribution in [1.82, 2.24) is 15.0 Å². The maximum absolute atomic E-state index is 14.9. The number of aromatic nitrogens is 3.